The average molecular weight is 461 g/mol. The van der Waals surface area contributed by atoms with Crippen molar-refractivity contribution >= 4 is 11.9 Å². The van der Waals surface area contributed by atoms with E-state index in [9.17, 15) is 27.2 Å². The number of esters is 2. The van der Waals surface area contributed by atoms with Gasteiger partial charge >= 0.3 is 18.1 Å². The molecule has 1 aromatic heterocycles. The van der Waals surface area contributed by atoms with E-state index >= 15 is 0 Å². The fourth-order valence-electron chi connectivity index (χ4n) is 3.66. The van der Waals surface area contributed by atoms with Crippen LogP contribution in [0.5, 0.6) is 0 Å². The fourth-order valence-corrected chi connectivity index (χ4v) is 3.66. The third-order valence-electron chi connectivity index (χ3n) is 5.24. The van der Waals surface area contributed by atoms with E-state index in [1.807, 2.05) is 0 Å². The van der Waals surface area contributed by atoms with Crippen LogP contribution in [0.4, 0.5) is 17.6 Å². The molecule has 0 radical (unpaired) electrons. The molecule has 33 heavy (non-hydrogen) atoms. The van der Waals surface area contributed by atoms with Gasteiger partial charge in [0.15, 0.2) is 5.92 Å². The number of carbonyl (C=O) groups excluding carboxylic acids is 2. The molecule has 1 fully saturated rings. The van der Waals surface area contributed by atoms with E-state index < -0.39 is 41.2 Å². The summed E-state index contributed by atoms with van der Waals surface area (Å²) in [6.07, 6.45) is -4.54. The lowest BCUT2D eigenvalue weighted by atomic mass is 9.96. The van der Waals surface area contributed by atoms with Gasteiger partial charge in [-0.1, -0.05) is 12.1 Å². The number of halogens is 4. The van der Waals surface area contributed by atoms with Crippen molar-refractivity contribution in [2.75, 3.05) is 0 Å². The predicted octanol–water partition coefficient (Wildman–Crippen LogP) is 5.50. The Balaban J connectivity index is 1.72. The smallest absolute Gasteiger partial charge is 0.416 e. The molecule has 0 atom stereocenters. The summed E-state index contributed by atoms with van der Waals surface area (Å²) in [6, 6.07) is 11.7. The first kappa shape index (κ1) is 22.6. The first-order chi connectivity index (χ1) is 15.4. The Morgan fingerprint density at radius 1 is 0.909 bits per heavy atom. The van der Waals surface area contributed by atoms with Crippen LogP contribution in [0.2, 0.25) is 0 Å². The van der Waals surface area contributed by atoms with Crippen molar-refractivity contribution in [1.82, 2.24) is 4.98 Å². The quantitative estimate of drug-likeness (QED) is 0.317. The van der Waals surface area contributed by atoms with Crippen molar-refractivity contribution in [3.63, 3.8) is 0 Å². The molecule has 1 N–H and O–H groups in total. The topological polar surface area (TPSA) is 68.4 Å². The highest BCUT2D eigenvalue weighted by atomic mass is 19.4. The molecule has 5 nitrogen and oxygen atoms in total. The van der Waals surface area contributed by atoms with E-state index in [0.29, 0.717) is 28.1 Å². The molecule has 3 aromatic rings. The molecule has 0 unspecified atom stereocenters. The Morgan fingerprint density at radius 3 is 2.00 bits per heavy atom. The number of rotatable bonds is 4. The highest BCUT2D eigenvalue weighted by Gasteiger charge is 2.43. The number of nitrogens with one attached hydrogen (secondary N) is 1. The van der Waals surface area contributed by atoms with E-state index in [2.05, 4.69) is 4.98 Å². The Bertz CT molecular complexity index is 1170. The fraction of sp³-hybridized carbons (Fsp3) is 0.250. The van der Waals surface area contributed by atoms with Gasteiger partial charge in [0.05, 0.1) is 5.56 Å². The maximum Gasteiger partial charge on any atom is 0.416 e. The monoisotopic (exact) mass is 461 g/mol. The maximum atomic E-state index is 13.4. The van der Waals surface area contributed by atoms with Gasteiger partial charge in [-0.3, -0.25) is 9.59 Å². The van der Waals surface area contributed by atoms with Crippen LogP contribution in [0, 0.1) is 11.7 Å². The Morgan fingerprint density at radius 2 is 1.45 bits per heavy atom. The van der Waals surface area contributed by atoms with Crippen molar-refractivity contribution in [2.45, 2.75) is 32.2 Å². The lowest BCUT2D eigenvalue weighted by Gasteiger charge is -2.32. The van der Waals surface area contributed by atoms with Crippen molar-refractivity contribution in [1.29, 1.82) is 0 Å². The Kier molecular flexibility index (Phi) is 5.51. The number of benzene rings is 2. The van der Waals surface area contributed by atoms with Crippen molar-refractivity contribution in [3.8, 4) is 22.5 Å². The number of carbonyl (C=O) groups is 2. The molecule has 0 bridgehead atoms. The molecule has 0 saturated carbocycles. The van der Waals surface area contributed by atoms with E-state index in [-0.39, 0.29) is 6.42 Å². The predicted molar refractivity (Wildman–Crippen MR) is 110 cm³/mol. The number of H-pyrrole nitrogens is 1. The summed E-state index contributed by atoms with van der Waals surface area (Å²) >= 11 is 0. The summed E-state index contributed by atoms with van der Waals surface area (Å²) in [5.41, 5.74) is 1.74. The van der Waals surface area contributed by atoms with Gasteiger partial charge in [-0.05, 0) is 65.6 Å². The van der Waals surface area contributed by atoms with Crippen LogP contribution in [-0.4, -0.2) is 22.7 Å². The van der Waals surface area contributed by atoms with Crippen molar-refractivity contribution < 1.29 is 36.6 Å². The minimum atomic E-state index is -4.46. The third-order valence-corrected chi connectivity index (χ3v) is 5.24. The molecule has 9 heteroatoms. The van der Waals surface area contributed by atoms with E-state index in [1.165, 1.54) is 50.2 Å². The molecule has 172 valence electrons. The maximum absolute atomic E-state index is 13.4. The summed E-state index contributed by atoms with van der Waals surface area (Å²) in [5, 5.41) is 0. The second-order valence-corrected chi connectivity index (χ2v) is 8.16. The largest absolute Gasteiger partial charge is 0.422 e. The molecule has 1 aliphatic heterocycles. The summed E-state index contributed by atoms with van der Waals surface area (Å²) < 4.78 is 62.5. The molecular formula is C24H19F4NO4. The van der Waals surface area contributed by atoms with E-state index in [4.69, 9.17) is 9.47 Å². The number of ether oxygens (including phenoxy) is 2. The third kappa shape index (κ3) is 4.76. The summed E-state index contributed by atoms with van der Waals surface area (Å²) in [6.45, 7) is 2.89. The molecule has 0 aliphatic carbocycles. The van der Waals surface area contributed by atoms with Gasteiger partial charge in [0.2, 0.25) is 0 Å². The SMILES string of the molecule is CC1(C)OC(=O)C(Cc2cc(-c3ccc(C(F)(F)F)cc3)[nH]c2-c2ccc(F)cc2)C(=O)O1. The second kappa shape index (κ2) is 8.06. The highest BCUT2D eigenvalue weighted by Crippen LogP contribution is 2.35. The summed E-state index contributed by atoms with van der Waals surface area (Å²) in [5.74, 6) is -4.50. The van der Waals surface area contributed by atoms with Crippen LogP contribution in [0.15, 0.2) is 54.6 Å². The summed E-state index contributed by atoms with van der Waals surface area (Å²) in [7, 11) is 0. The molecule has 4 rings (SSSR count). The van der Waals surface area contributed by atoms with Crippen LogP contribution in [0.25, 0.3) is 22.5 Å². The second-order valence-electron chi connectivity index (χ2n) is 8.16. The Hall–Kier alpha value is -3.62. The standard InChI is InChI=1S/C24H19F4NO4/c1-23(2)32-21(30)18(22(31)33-23)11-15-12-19(13-3-7-16(8-4-13)24(26,27)28)29-20(15)14-5-9-17(25)10-6-14/h3-10,12,18,29H,11H2,1-2H3. The average Bonchev–Trinajstić information content (AvgIpc) is 3.14. The van der Waals surface area contributed by atoms with Gasteiger partial charge < -0.3 is 14.5 Å². The minimum Gasteiger partial charge on any atom is -0.422 e. The highest BCUT2D eigenvalue weighted by molar-refractivity contribution is 5.97. The van der Waals surface area contributed by atoms with Crippen LogP contribution < -0.4 is 0 Å². The molecular weight excluding hydrogens is 442 g/mol. The van der Waals surface area contributed by atoms with Crippen LogP contribution in [0.3, 0.4) is 0 Å². The molecule has 2 aromatic carbocycles. The summed E-state index contributed by atoms with van der Waals surface area (Å²) in [4.78, 5) is 28.0. The zero-order valence-electron chi connectivity index (χ0n) is 17.6. The molecule has 0 amide bonds. The number of aromatic amines is 1. The normalized spacial score (nSPS) is 16.4. The number of hydrogen-bond acceptors (Lipinski definition) is 4. The first-order valence-electron chi connectivity index (χ1n) is 10.0. The van der Waals surface area contributed by atoms with Gasteiger partial charge in [0.1, 0.15) is 5.82 Å². The van der Waals surface area contributed by atoms with Gasteiger partial charge in [-0.25, -0.2) is 4.39 Å². The number of hydrogen-bond donors (Lipinski definition) is 1. The van der Waals surface area contributed by atoms with Crippen LogP contribution in [0.1, 0.15) is 25.0 Å². The number of cyclic esters (lactones) is 2. The van der Waals surface area contributed by atoms with Crippen molar-refractivity contribution in [2.24, 2.45) is 5.92 Å². The van der Waals surface area contributed by atoms with E-state index in [1.54, 1.807) is 6.07 Å². The lowest BCUT2D eigenvalue weighted by Crippen LogP contribution is -2.46. The molecule has 2 heterocycles. The van der Waals surface area contributed by atoms with Gasteiger partial charge in [0.25, 0.3) is 5.79 Å². The molecule has 1 saturated heterocycles. The van der Waals surface area contributed by atoms with Gasteiger partial charge in [0, 0.05) is 25.2 Å². The zero-order valence-corrected chi connectivity index (χ0v) is 17.6. The van der Waals surface area contributed by atoms with Gasteiger partial charge in [-0.15, -0.1) is 0 Å². The van der Waals surface area contributed by atoms with Gasteiger partial charge in [-0.2, -0.15) is 13.2 Å². The lowest BCUT2D eigenvalue weighted by molar-refractivity contribution is -0.239. The number of aromatic nitrogens is 1. The first-order valence-corrected chi connectivity index (χ1v) is 10.0. The molecule has 0 spiro atoms. The van der Waals surface area contributed by atoms with Crippen molar-refractivity contribution in [3.05, 3.63) is 71.5 Å². The van der Waals surface area contributed by atoms with E-state index in [0.717, 1.165) is 12.1 Å². The van der Waals surface area contributed by atoms with Crippen LogP contribution in [-0.2, 0) is 31.7 Å². The molecule has 1 aliphatic rings. The Labute approximate surface area is 186 Å². The zero-order chi connectivity index (χ0) is 24.0. The number of alkyl halides is 3. The van der Waals surface area contributed by atoms with Crippen LogP contribution >= 0.6 is 0 Å². The minimum absolute atomic E-state index is 0.0718.